The molecule has 1 aromatic rings. The fourth-order valence-corrected chi connectivity index (χ4v) is 3.38. The molecule has 0 saturated heterocycles. The van der Waals surface area contributed by atoms with Gasteiger partial charge in [0.1, 0.15) is 4.90 Å². The molecule has 1 aromatic heterocycles. The van der Waals surface area contributed by atoms with Crippen LogP contribution in [0.5, 0.6) is 0 Å². The van der Waals surface area contributed by atoms with E-state index in [0.717, 1.165) is 0 Å². The van der Waals surface area contributed by atoms with E-state index >= 15 is 0 Å². The van der Waals surface area contributed by atoms with E-state index < -0.39 is 10.0 Å². The largest absolute Gasteiger partial charge is 0.383 e. The number of hydrogen-bond acceptors (Lipinski definition) is 6. The van der Waals surface area contributed by atoms with Crippen molar-refractivity contribution in [1.82, 2.24) is 9.71 Å². The number of ether oxygens (including phenoxy) is 1. The number of hydrazine groups is 1. The molecule has 0 fully saturated rings. The molecule has 1 heterocycles. The highest BCUT2D eigenvalue weighted by Crippen LogP contribution is 2.22. The van der Waals surface area contributed by atoms with Gasteiger partial charge in [-0.3, -0.25) is 0 Å². The predicted molar refractivity (Wildman–Crippen MR) is 76.0 cm³/mol. The molecule has 0 spiro atoms. The maximum atomic E-state index is 12.3. The molecule has 0 saturated carbocycles. The first-order valence-electron chi connectivity index (χ1n) is 5.58. The van der Waals surface area contributed by atoms with Gasteiger partial charge in [-0.1, -0.05) is 6.92 Å². The Morgan fingerprint density at radius 2 is 2.26 bits per heavy atom. The topological polar surface area (TPSA) is 106 Å². The van der Waals surface area contributed by atoms with E-state index in [1.165, 1.54) is 19.4 Å². The molecule has 1 rings (SSSR count). The lowest BCUT2D eigenvalue weighted by Crippen LogP contribution is -2.38. The molecule has 7 nitrogen and oxygen atoms in total. The minimum Gasteiger partial charge on any atom is -0.383 e. The standard InChI is InChI=1S/C10H17BrN4O3S/c1-3-8(6-18-2)15-19(16,17)9-4-7(11)5-13-10(9)14-12/h4-5,8,15H,3,6,12H2,1-2H3,(H,13,14). The van der Waals surface area contributed by atoms with Gasteiger partial charge >= 0.3 is 0 Å². The fraction of sp³-hybridized carbons (Fsp3) is 0.500. The summed E-state index contributed by atoms with van der Waals surface area (Å²) < 4.78 is 32.6. The third-order valence-electron chi connectivity index (χ3n) is 2.43. The summed E-state index contributed by atoms with van der Waals surface area (Å²) in [6, 6.07) is 1.13. The molecule has 9 heteroatoms. The Bertz CT molecular complexity index is 524. The monoisotopic (exact) mass is 352 g/mol. The van der Waals surface area contributed by atoms with Gasteiger partial charge in [0, 0.05) is 23.8 Å². The molecule has 0 aliphatic rings. The van der Waals surface area contributed by atoms with Gasteiger partial charge < -0.3 is 10.2 Å². The van der Waals surface area contributed by atoms with Gasteiger partial charge in [0.2, 0.25) is 10.0 Å². The average Bonchev–Trinajstić information content (AvgIpc) is 2.38. The number of nitrogens with one attached hydrogen (secondary N) is 2. The minimum atomic E-state index is -3.72. The van der Waals surface area contributed by atoms with Crippen molar-refractivity contribution >= 4 is 31.8 Å². The van der Waals surface area contributed by atoms with Crippen LogP contribution < -0.4 is 16.0 Å². The lowest BCUT2D eigenvalue weighted by molar-refractivity contribution is 0.173. The number of anilines is 1. The van der Waals surface area contributed by atoms with E-state index in [1.54, 1.807) is 0 Å². The van der Waals surface area contributed by atoms with Crippen molar-refractivity contribution in [3.63, 3.8) is 0 Å². The molecule has 0 aliphatic heterocycles. The van der Waals surface area contributed by atoms with Crippen molar-refractivity contribution in [2.24, 2.45) is 5.84 Å². The number of nitrogens with two attached hydrogens (primary N) is 1. The van der Waals surface area contributed by atoms with Crippen LogP contribution in [-0.4, -0.2) is 33.2 Å². The number of hydrogen-bond donors (Lipinski definition) is 3. The molecule has 4 N–H and O–H groups in total. The maximum absolute atomic E-state index is 12.3. The first kappa shape index (κ1) is 16.3. The van der Waals surface area contributed by atoms with Crippen LogP contribution in [0.2, 0.25) is 0 Å². The Kier molecular flexibility index (Phi) is 6.14. The average molecular weight is 353 g/mol. The van der Waals surface area contributed by atoms with Crippen molar-refractivity contribution in [1.29, 1.82) is 0 Å². The predicted octanol–water partition coefficient (Wildman–Crippen LogP) is 0.833. The Morgan fingerprint density at radius 3 is 2.79 bits per heavy atom. The Labute approximate surface area is 121 Å². The third-order valence-corrected chi connectivity index (χ3v) is 4.40. The molecule has 1 unspecified atom stereocenters. The SMILES string of the molecule is CCC(COC)NS(=O)(=O)c1cc(Br)cnc1NN. The van der Waals surface area contributed by atoms with Crippen molar-refractivity contribution < 1.29 is 13.2 Å². The van der Waals surface area contributed by atoms with Crippen LogP contribution in [0, 0.1) is 0 Å². The van der Waals surface area contributed by atoms with Crippen LogP contribution >= 0.6 is 15.9 Å². The zero-order valence-corrected chi connectivity index (χ0v) is 13.1. The van der Waals surface area contributed by atoms with E-state index in [0.29, 0.717) is 17.5 Å². The van der Waals surface area contributed by atoms with Crippen molar-refractivity contribution in [2.45, 2.75) is 24.3 Å². The number of nitrogens with zero attached hydrogens (tertiary/aromatic N) is 1. The molecule has 0 bridgehead atoms. The molecular weight excluding hydrogens is 336 g/mol. The highest BCUT2D eigenvalue weighted by Gasteiger charge is 2.23. The second-order valence-corrected chi connectivity index (χ2v) is 6.42. The third kappa shape index (κ3) is 4.39. The normalized spacial score (nSPS) is 13.3. The van der Waals surface area contributed by atoms with Crippen LogP contribution in [0.3, 0.4) is 0 Å². The zero-order valence-electron chi connectivity index (χ0n) is 10.7. The molecular formula is C10H17BrN4O3S. The molecule has 108 valence electrons. The van der Waals surface area contributed by atoms with Gasteiger partial charge in [0.15, 0.2) is 5.82 Å². The Hall–Kier alpha value is -0.740. The first-order chi connectivity index (χ1) is 8.94. The molecule has 0 radical (unpaired) electrons. The van der Waals surface area contributed by atoms with E-state index in [2.05, 4.69) is 31.1 Å². The number of halogens is 1. The highest BCUT2D eigenvalue weighted by atomic mass is 79.9. The quantitative estimate of drug-likeness (QED) is 0.495. The van der Waals surface area contributed by atoms with Crippen LogP contribution in [0.1, 0.15) is 13.3 Å². The van der Waals surface area contributed by atoms with E-state index in [1.807, 2.05) is 6.92 Å². The van der Waals surface area contributed by atoms with Gasteiger partial charge in [-0.15, -0.1) is 0 Å². The van der Waals surface area contributed by atoms with Gasteiger partial charge in [0.05, 0.1) is 6.61 Å². The van der Waals surface area contributed by atoms with Gasteiger partial charge in [-0.25, -0.2) is 24.0 Å². The van der Waals surface area contributed by atoms with Gasteiger partial charge in [0.25, 0.3) is 0 Å². The molecule has 0 aromatic carbocycles. The van der Waals surface area contributed by atoms with Gasteiger partial charge in [-0.2, -0.15) is 0 Å². The van der Waals surface area contributed by atoms with Crippen LogP contribution in [-0.2, 0) is 14.8 Å². The van der Waals surface area contributed by atoms with Crippen molar-refractivity contribution in [3.8, 4) is 0 Å². The highest BCUT2D eigenvalue weighted by molar-refractivity contribution is 9.10. The lowest BCUT2D eigenvalue weighted by atomic mass is 10.3. The summed E-state index contributed by atoms with van der Waals surface area (Å²) in [7, 11) is -2.21. The number of aromatic nitrogens is 1. The first-order valence-corrected chi connectivity index (χ1v) is 7.85. The smallest absolute Gasteiger partial charge is 0.244 e. The molecule has 1 atom stereocenters. The number of methoxy groups -OCH3 is 1. The molecule has 0 aliphatic carbocycles. The summed E-state index contributed by atoms with van der Waals surface area (Å²) in [5, 5.41) is 0. The number of nitrogen functional groups attached to an aromatic ring is 1. The maximum Gasteiger partial charge on any atom is 0.244 e. The van der Waals surface area contributed by atoms with E-state index in [4.69, 9.17) is 10.6 Å². The summed E-state index contributed by atoms with van der Waals surface area (Å²) >= 11 is 3.18. The summed E-state index contributed by atoms with van der Waals surface area (Å²) in [5.74, 6) is 5.36. The number of rotatable bonds is 7. The molecule has 19 heavy (non-hydrogen) atoms. The van der Waals surface area contributed by atoms with Crippen molar-refractivity contribution in [2.75, 3.05) is 19.1 Å². The number of sulfonamides is 1. The zero-order chi connectivity index (χ0) is 14.5. The summed E-state index contributed by atoms with van der Waals surface area (Å²) in [6.07, 6.45) is 2.07. The van der Waals surface area contributed by atoms with Crippen LogP contribution in [0.15, 0.2) is 21.6 Å². The molecule has 0 amide bonds. The van der Waals surface area contributed by atoms with Gasteiger partial charge in [-0.05, 0) is 28.4 Å². The Morgan fingerprint density at radius 1 is 1.58 bits per heavy atom. The Balaban J connectivity index is 3.09. The second kappa shape index (κ2) is 7.15. The van der Waals surface area contributed by atoms with Crippen LogP contribution in [0.25, 0.3) is 0 Å². The van der Waals surface area contributed by atoms with Crippen LogP contribution in [0.4, 0.5) is 5.82 Å². The fourth-order valence-electron chi connectivity index (χ4n) is 1.45. The lowest BCUT2D eigenvalue weighted by Gasteiger charge is -2.17. The second-order valence-electron chi connectivity index (χ2n) is 3.83. The number of pyridine rings is 1. The van der Waals surface area contributed by atoms with Crippen molar-refractivity contribution in [3.05, 3.63) is 16.7 Å². The summed E-state index contributed by atoms with van der Waals surface area (Å²) in [5.41, 5.74) is 2.27. The summed E-state index contributed by atoms with van der Waals surface area (Å²) in [6.45, 7) is 2.16. The van der Waals surface area contributed by atoms with E-state index in [9.17, 15) is 8.42 Å². The minimum absolute atomic E-state index is 0.0149. The van der Waals surface area contributed by atoms with E-state index in [-0.39, 0.29) is 16.8 Å². The summed E-state index contributed by atoms with van der Waals surface area (Å²) in [4.78, 5) is 3.89.